The molecule has 1 N–H and O–H groups in total. The number of rotatable bonds is 6. The van der Waals surface area contributed by atoms with E-state index in [4.69, 9.17) is 4.99 Å². The molecule has 0 amide bonds. The Hall–Kier alpha value is -3.42. The lowest BCUT2D eigenvalue weighted by atomic mass is 10.2. The van der Waals surface area contributed by atoms with Crippen molar-refractivity contribution in [2.45, 2.75) is 6.54 Å². The van der Waals surface area contributed by atoms with Crippen LogP contribution in [-0.2, 0) is 6.54 Å². The lowest BCUT2D eigenvalue weighted by molar-refractivity contribution is -0.384. The second kappa shape index (κ2) is 9.50. The predicted molar refractivity (Wildman–Crippen MR) is 110 cm³/mol. The van der Waals surface area contributed by atoms with Gasteiger partial charge in [-0.1, -0.05) is 24.3 Å². The fourth-order valence-electron chi connectivity index (χ4n) is 3.01. The van der Waals surface area contributed by atoms with Crippen LogP contribution in [0.3, 0.4) is 0 Å². The normalized spacial score (nSPS) is 14.6. The number of nitro groups is 1. The summed E-state index contributed by atoms with van der Waals surface area (Å²) in [4.78, 5) is 24.0. The van der Waals surface area contributed by atoms with E-state index >= 15 is 0 Å². The summed E-state index contributed by atoms with van der Waals surface area (Å²) in [6.45, 7) is 8.23. The maximum atomic E-state index is 10.8. The van der Waals surface area contributed by atoms with Crippen LogP contribution < -0.4 is 10.2 Å². The maximum absolute atomic E-state index is 10.8. The molecule has 0 bridgehead atoms. The number of guanidine groups is 1. The van der Waals surface area contributed by atoms with Gasteiger partial charge in [-0.3, -0.25) is 10.1 Å². The molecular formula is C20H24N6O2. The smallest absolute Gasteiger partial charge is 0.269 e. The summed E-state index contributed by atoms with van der Waals surface area (Å²) in [6.07, 6.45) is 3.61. The number of nitro benzene ring substituents is 1. The molecule has 0 spiro atoms. The van der Waals surface area contributed by atoms with Crippen molar-refractivity contribution in [2.75, 3.05) is 37.6 Å². The number of hydrogen-bond acceptors (Lipinski definition) is 5. The molecule has 1 fully saturated rings. The molecule has 0 unspecified atom stereocenters. The van der Waals surface area contributed by atoms with E-state index in [1.54, 1.807) is 18.2 Å². The molecule has 1 saturated heterocycles. The van der Waals surface area contributed by atoms with Crippen molar-refractivity contribution in [2.24, 2.45) is 4.99 Å². The Labute approximate surface area is 164 Å². The molecule has 0 atom stereocenters. The lowest BCUT2D eigenvalue weighted by Gasteiger charge is -2.37. The van der Waals surface area contributed by atoms with Crippen LogP contribution in [0.25, 0.3) is 0 Å². The summed E-state index contributed by atoms with van der Waals surface area (Å²) in [7, 11) is 0. The minimum absolute atomic E-state index is 0.0865. The van der Waals surface area contributed by atoms with Gasteiger partial charge >= 0.3 is 0 Å². The van der Waals surface area contributed by atoms with Gasteiger partial charge in [-0.2, -0.15) is 0 Å². The van der Waals surface area contributed by atoms with Crippen LogP contribution in [0.15, 0.2) is 66.3 Å². The van der Waals surface area contributed by atoms with Crippen molar-refractivity contribution in [3.63, 3.8) is 0 Å². The van der Waals surface area contributed by atoms with E-state index < -0.39 is 4.92 Å². The number of non-ortho nitro benzene ring substituents is 1. The number of anilines is 1. The highest BCUT2D eigenvalue weighted by Crippen LogP contribution is 2.14. The first-order chi connectivity index (χ1) is 13.7. The molecule has 3 rings (SSSR count). The molecule has 0 aliphatic carbocycles. The van der Waals surface area contributed by atoms with Crippen LogP contribution in [-0.4, -0.2) is 53.5 Å². The number of nitrogens with zero attached hydrogens (tertiary/aromatic N) is 5. The summed E-state index contributed by atoms with van der Waals surface area (Å²) < 4.78 is 0. The Bertz CT molecular complexity index is 814. The minimum atomic E-state index is -0.398. The molecule has 146 valence electrons. The highest BCUT2D eigenvalue weighted by molar-refractivity contribution is 5.80. The van der Waals surface area contributed by atoms with E-state index in [0.717, 1.165) is 43.5 Å². The van der Waals surface area contributed by atoms with E-state index in [-0.39, 0.29) is 5.69 Å². The third-order valence-electron chi connectivity index (χ3n) is 4.52. The van der Waals surface area contributed by atoms with E-state index in [9.17, 15) is 10.1 Å². The predicted octanol–water partition coefficient (Wildman–Crippen LogP) is 2.44. The summed E-state index contributed by atoms with van der Waals surface area (Å²) >= 11 is 0. The van der Waals surface area contributed by atoms with Crippen molar-refractivity contribution in [3.05, 3.63) is 77.0 Å². The van der Waals surface area contributed by atoms with Gasteiger partial charge in [-0.05, 0) is 17.7 Å². The van der Waals surface area contributed by atoms with Gasteiger partial charge < -0.3 is 15.1 Å². The number of benzene rings is 1. The number of pyridine rings is 1. The molecule has 8 heteroatoms. The maximum Gasteiger partial charge on any atom is 0.269 e. The van der Waals surface area contributed by atoms with Crippen LogP contribution >= 0.6 is 0 Å². The molecule has 1 aromatic carbocycles. The third kappa shape index (κ3) is 5.06. The van der Waals surface area contributed by atoms with Crippen molar-refractivity contribution >= 4 is 17.5 Å². The van der Waals surface area contributed by atoms with Gasteiger partial charge in [0, 0.05) is 51.1 Å². The topological polar surface area (TPSA) is 86.9 Å². The molecule has 2 aromatic rings. The molecule has 8 nitrogen and oxygen atoms in total. The zero-order valence-corrected chi connectivity index (χ0v) is 15.7. The highest BCUT2D eigenvalue weighted by atomic mass is 16.6. The Kier molecular flexibility index (Phi) is 6.56. The number of nitrogens with one attached hydrogen (secondary N) is 1. The van der Waals surface area contributed by atoms with Crippen LogP contribution in [0.2, 0.25) is 0 Å². The van der Waals surface area contributed by atoms with Crippen molar-refractivity contribution < 1.29 is 4.92 Å². The van der Waals surface area contributed by atoms with Gasteiger partial charge in [0.25, 0.3) is 5.69 Å². The first-order valence-electron chi connectivity index (χ1n) is 9.21. The largest absolute Gasteiger partial charge is 0.353 e. The van der Waals surface area contributed by atoms with Crippen molar-refractivity contribution in [1.82, 2.24) is 15.2 Å². The summed E-state index contributed by atoms with van der Waals surface area (Å²) in [6, 6.07) is 12.4. The molecule has 2 heterocycles. The van der Waals surface area contributed by atoms with Gasteiger partial charge in [-0.15, -0.1) is 6.58 Å². The molecular weight excluding hydrogens is 356 g/mol. The second-order valence-electron chi connectivity index (χ2n) is 6.40. The average Bonchev–Trinajstić information content (AvgIpc) is 2.75. The Morgan fingerprint density at radius 2 is 1.96 bits per heavy atom. The molecule has 28 heavy (non-hydrogen) atoms. The first-order valence-corrected chi connectivity index (χ1v) is 9.21. The Balaban J connectivity index is 1.64. The quantitative estimate of drug-likeness (QED) is 0.272. The minimum Gasteiger partial charge on any atom is -0.353 e. The standard InChI is InChI=1S/C20H24N6O2/c1-2-10-22-20(23-16-17-6-8-18(9-7-17)26(27)28)25-14-12-24(13-15-25)19-5-3-4-11-21-19/h2-9,11H,1,10,12-16H2,(H,22,23). The number of piperazine rings is 1. The van der Waals surface area contributed by atoms with Crippen LogP contribution in [0.4, 0.5) is 11.5 Å². The molecule has 0 saturated carbocycles. The fraction of sp³-hybridized carbons (Fsp3) is 0.300. The van der Waals surface area contributed by atoms with Crippen molar-refractivity contribution in [3.8, 4) is 0 Å². The lowest BCUT2D eigenvalue weighted by Crippen LogP contribution is -2.52. The Morgan fingerprint density at radius 3 is 2.57 bits per heavy atom. The summed E-state index contributed by atoms with van der Waals surface area (Å²) in [5.74, 6) is 1.81. The monoisotopic (exact) mass is 380 g/mol. The number of hydrogen-bond donors (Lipinski definition) is 1. The molecule has 1 aromatic heterocycles. The zero-order chi connectivity index (χ0) is 19.8. The number of aromatic nitrogens is 1. The zero-order valence-electron chi connectivity index (χ0n) is 15.7. The van der Waals surface area contributed by atoms with Crippen LogP contribution in [0, 0.1) is 10.1 Å². The first kappa shape index (κ1) is 19.3. The van der Waals surface area contributed by atoms with Gasteiger partial charge in [0.05, 0.1) is 11.5 Å². The molecule has 0 radical (unpaired) electrons. The van der Waals surface area contributed by atoms with Gasteiger partial charge in [-0.25, -0.2) is 9.98 Å². The van der Waals surface area contributed by atoms with E-state index in [0.29, 0.717) is 13.1 Å². The van der Waals surface area contributed by atoms with Gasteiger partial charge in [0.2, 0.25) is 0 Å². The third-order valence-corrected chi connectivity index (χ3v) is 4.52. The SMILES string of the molecule is C=CCNC(=NCc1ccc([N+](=O)[O-])cc1)N1CCN(c2ccccn2)CC1. The summed E-state index contributed by atoms with van der Waals surface area (Å²) in [5, 5.41) is 14.1. The molecule has 1 aliphatic rings. The fourth-order valence-corrected chi connectivity index (χ4v) is 3.01. The van der Waals surface area contributed by atoms with Crippen LogP contribution in [0.5, 0.6) is 0 Å². The summed E-state index contributed by atoms with van der Waals surface area (Å²) in [5.41, 5.74) is 1.01. The average molecular weight is 380 g/mol. The second-order valence-corrected chi connectivity index (χ2v) is 6.40. The van der Waals surface area contributed by atoms with E-state index in [1.807, 2.05) is 24.4 Å². The highest BCUT2D eigenvalue weighted by Gasteiger charge is 2.20. The van der Waals surface area contributed by atoms with Gasteiger partial charge in [0.1, 0.15) is 5.82 Å². The van der Waals surface area contributed by atoms with E-state index in [1.165, 1.54) is 12.1 Å². The van der Waals surface area contributed by atoms with Crippen molar-refractivity contribution in [1.29, 1.82) is 0 Å². The van der Waals surface area contributed by atoms with E-state index in [2.05, 4.69) is 26.7 Å². The van der Waals surface area contributed by atoms with Crippen LogP contribution in [0.1, 0.15) is 5.56 Å². The number of aliphatic imine (C=N–C) groups is 1. The molecule has 1 aliphatic heterocycles. The van der Waals surface area contributed by atoms with Gasteiger partial charge in [0.15, 0.2) is 5.96 Å². The Morgan fingerprint density at radius 1 is 1.21 bits per heavy atom.